The van der Waals surface area contributed by atoms with Crippen molar-refractivity contribution in [2.75, 3.05) is 0 Å². The third kappa shape index (κ3) is 3.34. The molecule has 0 unspecified atom stereocenters. The zero-order chi connectivity index (χ0) is 13.2. The molecule has 9 heteroatoms. The van der Waals surface area contributed by atoms with Gasteiger partial charge in [-0.25, -0.2) is 4.79 Å². The summed E-state index contributed by atoms with van der Waals surface area (Å²) in [6, 6.07) is 2.75. The molecule has 0 amide bonds. The summed E-state index contributed by atoms with van der Waals surface area (Å²) < 4.78 is 29.4. The third-order valence-electron chi connectivity index (χ3n) is 1.56. The molecule has 1 aromatic carbocycles. The molecule has 0 spiro atoms. The first-order valence-corrected chi connectivity index (χ1v) is 4.77. The van der Waals surface area contributed by atoms with Crippen LogP contribution in [0.2, 0.25) is 0 Å². The van der Waals surface area contributed by atoms with Gasteiger partial charge in [-0.05, 0) is 6.07 Å². The molecule has 0 aliphatic carbocycles. The molecular weight excluding hydrogens is 308 g/mol. The number of carboxylic acids is 1. The summed E-state index contributed by atoms with van der Waals surface area (Å²) in [4.78, 5) is 19.7. The molecule has 0 aliphatic heterocycles. The highest BCUT2D eigenvalue weighted by Gasteiger charge is 2.42. The highest BCUT2D eigenvalue weighted by atomic mass is 79.9. The molecular formula is C8H4BrF2NO5. The maximum Gasteiger partial charge on any atom is 0.501 e. The molecule has 0 radical (unpaired) electrons. The second-order valence-corrected chi connectivity index (χ2v) is 3.74. The average molecular weight is 312 g/mol. The minimum atomic E-state index is -4.45. The second kappa shape index (κ2) is 4.62. The maximum atomic E-state index is 12.7. The van der Waals surface area contributed by atoms with Crippen LogP contribution in [0.5, 0.6) is 5.75 Å². The lowest BCUT2D eigenvalue weighted by Gasteiger charge is -2.13. The summed E-state index contributed by atoms with van der Waals surface area (Å²) in [5.74, 6) is -3.11. The molecule has 0 atom stereocenters. The van der Waals surface area contributed by atoms with Crippen molar-refractivity contribution in [2.45, 2.75) is 6.11 Å². The fourth-order valence-corrected chi connectivity index (χ4v) is 1.36. The summed E-state index contributed by atoms with van der Waals surface area (Å²) in [7, 11) is 0. The van der Waals surface area contributed by atoms with Crippen LogP contribution in [0.3, 0.4) is 0 Å². The van der Waals surface area contributed by atoms with Gasteiger partial charge >= 0.3 is 12.1 Å². The highest BCUT2D eigenvalue weighted by molar-refractivity contribution is 9.10. The number of alkyl halides is 2. The quantitative estimate of drug-likeness (QED) is 0.681. The second-order valence-electron chi connectivity index (χ2n) is 2.83. The molecule has 1 rings (SSSR count). The number of rotatable bonds is 4. The van der Waals surface area contributed by atoms with E-state index in [2.05, 4.69) is 20.7 Å². The molecule has 0 saturated carbocycles. The number of hydrogen-bond acceptors (Lipinski definition) is 4. The Bertz CT molecular complexity index is 479. The van der Waals surface area contributed by atoms with E-state index in [1.807, 2.05) is 0 Å². The number of non-ortho nitro benzene ring substituents is 1. The Balaban J connectivity index is 3.07. The number of nitro benzene ring substituents is 1. The standard InChI is InChI=1S/C8H4BrF2NO5/c9-4-1-5(12(15)16)3-6(2-4)17-8(10,11)7(13)14/h1-3H,(H,13,14). The summed E-state index contributed by atoms with van der Waals surface area (Å²) in [5, 5.41) is 18.6. The zero-order valence-corrected chi connectivity index (χ0v) is 9.48. The Hall–Kier alpha value is -1.77. The minimum absolute atomic E-state index is 0.114. The summed E-state index contributed by atoms with van der Waals surface area (Å²) >= 11 is 2.85. The van der Waals surface area contributed by atoms with Crippen molar-refractivity contribution in [3.63, 3.8) is 0 Å². The van der Waals surface area contributed by atoms with Crippen LogP contribution in [0.25, 0.3) is 0 Å². The van der Waals surface area contributed by atoms with Gasteiger partial charge in [0.2, 0.25) is 0 Å². The number of nitro groups is 1. The Morgan fingerprint density at radius 2 is 2.06 bits per heavy atom. The van der Waals surface area contributed by atoms with Crippen molar-refractivity contribution in [1.29, 1.82) is 0 Å². The molecule has 0 bridgehead atoms. The molecule has 1 aromatic rings. The van der Waals surface area contributed by atoms with E-state index in [0.29, 0.717) is 6.07 Å². The Morgan fingerprint density at radius 1 is 1.47 bits per heavy atom. The van der Waals surface area contributed by atoms with Crippen molar-refractivity contribution < 1.29 is 28.3 Å². The van der Waals surface area contributed by atoms with Crippen molar-refractivity contribution in [1.82, 2.24) is 0 Å². The normalized spacial score (nSPS) is 11.0. The number of carbonyl (C=O) groups is 1. The fraction of sp³-hybridized carbons (Fsp3) is 0.125. The van der Waals surface area contributed by atoms with E-state index in [4.69, 9.17) is 5.11 Å². The number of nitrogens with zero attached hydrogens (tertiary/aromatic N) is 1. The lowest BCUT2D eigenvalue weighted by Crippen LogP contribution is -2.34. The Kier molecular flexibility index (Phi) is 3.61. The van der Waals surface area contributed by atoms with Crippen LogP contribution in [0.4, 0.5) is 14.5 Å². The molecule has 6 nitrogen and oxygen atoms in total. The van der Waals surface area contributed by atoms with Crippen LogP contribution in [0.15, 0.2) is 22.7 Å². The summed E-state index contributed by atoms with van der Waals surface area (Å²) in [5.41, 5.74) is -0.504. The topological polar surface area (TPSA) is 89.7 Å². The highest BCUT2D eigenvalue weighted by Crippen LogP contribution is 2.29. The number of halogens is 3. The Morgan fingerprint density at radius 3 is 2.53 bits per heavy atom. The van der Waals surface area contributed by atoms with Gasteiger partial charge < -0.3 is 9.84 Å². The largest absolute Gasteiger partial charge is 0.501 e. The van der Waals surface area contributed by atoms with E-state index in [9.17, 15) is 23.7 Å². The van der Waals surface area contributed by atoms with Crippen molar-refractivity contribution in [3.8, 4) is 5.75 Å². The first-order chi connectivity index (χ1) is 7.72. The number of aliphatic carboxylic acids is 1. The molecule has 0 saturated heterocycles. The van der Waals surface area contributed by atoms with Crippen molar-refractivity contribution >= 4 is 27.6 Å². The number of benzene rings is 1. The maximum absolute atomic E-state index is 12.7. The van der Waals surface area contributed by atoms with E-state index in [1.54, 1.807) is 0 Å². The lowest BCUT2D eigenvalue weighted by atomic mass is 10.3. The van der Waals surface area contributed by atoms with Crippen LogP contribution in [-0.2, 0) is 4.79 Å². The first-order valence-electron chi connectivity index (χ1n) is 3.97. The predicted molar refractivity (Wildman–Crippen MR) is 54.0 cm³/mol. The summed E-state index contributed by atoms with van der Waals surface area (Å²) in [6.07, 6.45) is -4.45. The molecule has 0 aromatic heterocycles. The van der Waals surface area contributed by atoms with E-state index in [1.165, 1.54) is 0 Å². The Labute approximate surface area is 101 Å². The van der Waals surface area contributed by atoms with Gasteiger partial charge in [0, 0.05) is 10.5 Å². The van der Waals surface area contributed by atoms with Gasteiger partial charge in [0.1, 0.15) is 5.75 Å². The van der Waals surface area contributed by atoms with Gasteiger partial charge in [-0.15, -0.1) is 0 Å². The molecule has 0 aliphatic rings. The zero-order valence-electron chi connectivity index (χ0n) is 7.89. The molecule has 17 heavy (non-hydrogen) atoms. The van der Waals surface area contributed by atoms with E-state index in [0.717, 1.165) is 12.1 Å². The van der Waals surface area contributed by atoms with Crippen LogP contribution < -0.4 is 4.74 Å². The van der Waals surface area contributed by atoms with E-state index < -0.39 is 28.4 Å². The molecule has 92 valence electrons. The SMILES string of the molecule is O=C(O)C(F)(F)Oc1cc(Br)cc([N+](=O)[O-])c1. The van der Waals surface area contributed by atoms with Gasteiger partial charge in [0.05, 0.1) is 11.0 Å². The van der Waals surface area contributed by atoms with Crippen molar-refractivity contribution in [2.24, 2.45) is 0 Å². The molecule has 0 fully saturated rings. The van der Waals surface area contributed by atoms with Gasteiger partial charge in [-0.1, -0.05) is 15.9 Å². The first kappa shape index (κ1) is 13.3. The van der Waals surface area contributed by atoms with Crippen LogP contribution in [0, 0.1) is 10.1 Å². The van der Waals surface area contributed by atoms with E-state index in [-0.39, 0.29) is 4.47 Å². The smallest absolute Gasteiger partial charge is 0.474 e. The van der Waals surface area contributed by atoms with Gasteiger partial charge in [0.15, 0.2) is 0 Å². The third-order valence-corrected chi connectivity index (χ3v) is 2.02. The lowest BCUT2D eigenvalue weighted by molar-refractivity contribution is -0.385. The number of hydrogen-bond donors (Lipinski definition) is 1. The van der Waals surface area contributed by atoms with Gasteiger partial charge in [-0.2, -0.15) is 8.78 Å². The predicted octanol–water partition coefficient (Wildman–Crippen LogP) is 2.41. The monoisotopic (exact) mass is 311 g/mol. The average Bonchev–Trinajstić information content (AvgIpc) is 2.15. The minimum Gasteiger partial charge on any atom is -0.474 e. The fourth-order valence-electron chi connectivity index (χ4n) is 0.904. The number of ether oxygens (including phenoxy) is 1. The van der Waals surface area contributed by atoms with Crippen LogP contribution >= 0.6 is 15.9 Å². The van der Waals surface area contributed by atoms with Gasteiger partial charge in [0.25, 0.3) is 5.69 Å². The van der Waals surface area contributed by atoms with Gasteiger partial charge in [-0.3, -0.25) is 10.1 Å². The van der Waals surface area contributed by atoms with E-state index >= 15 is 0 Å². The van der Waals surface area contributed by atoms with Crippen molar-refractivity contribution in [3.05, 3.63) is 32.8 Å². The molecule has 0 heterocycles. The number of carboxylic acid groups (broad SMARTS) is 1. The van der Waals surface area contributed by atoms with Crippen LogP contribution in [0.1, 0.15) is 0 Å². The van der Waals surface area contributed by atoms with Crippen LogP contribution in [-0.4, -0.2) is 22.1 Å². The summed E-state index contributed by atoms with van der Waals surface area (Å²) in [6.45, 7) is 0. The molecule has 1 N–H and O–H groups in total.